The second kappa shape index (κ2) is 5.46. The molecule has 0 radical (unpaired) electrons. The summed E-state index contributed by atoms with van der Waals surface area (Å²) in [7, 11) is 1.67. The Labute approximate surface area is 105 Å². The molecule has 2 rings (SSSR count). The highest BCUT2D eigenvalue weighted by molar-refractivity contribution is 5.94. The number of aromatic nitrogens is 2. The van der Waals surface area contributed by atoms with Crippen molar-refractivity contribution in [3.63, 3.8) is 0 Å². The van der Waals surface area contributed by atoms with Crippen LogP contribution in [-0.4, -0.2) is 46.3 Å². The molecule has 0 bridgehead atoms. The number of aliphatic hydroxyl groups excluding tert-OH is 1. The predicted octanol–water partition coefficient (Wildman–Crippen LogP) is 1.14. The van der Waals surface area contributed by atoms with E-state index in [0.717, 1.165) is 11.1 Å². The number of likely N-dealkylation sites (N-methyl/N-ethyl adjacent to an activating group) is 1. The zero-order valence-corrected chi connectivity index (χ0v) is 10.1. The molecule has 1 amide bonds. The van der Waals surface area contributed by atoms with E-state index in [9.17, 15) is 4.79 Å². The Bertz CT molecular complexity index is 506. The number of rotatable bonds is 4. The Hall–Kier alpha value is -2.14. The predicted molar refractivity (Wildman–Crippen MR) is 68.1 cm³/mol. The summed E-state index contributed by atoms with van der Waals surface area (Å²) >= 11 is 0. The fraction of sp³-hybridized carbons (Fsp3) is 0.231. The molecule has 5 heteroatoms. The molecular weight excluding hydrogens is 230 g/mol. The van der Waals surface area contributed by atoms with Crippen molar-refractivity contribution in [2.24, 2.45) is 0 Å². The number of amides is 1. The molecule has 5 nitrogen and oxygen atoms in total. The summed E-state index contributed by atoms with van der Waals surface area (Å²) < 4.78 is 0. The van der Waals surface area contributed by atoms with Gasteiger partial charge in [-0.1, -0.05) is 12.1 Å². The Kier molecular flexibility index (Phi) is 3.74. The molecule has 2 N–H and O–H groups in total. The highest BCUT2D eigenvalue weighted by Gasteiger charge is 2.10. The first-order chi connectivity index (χ1) is 8.72. The molecule has 0 saturated heterocycles. The standard InChI is InChI=1S/C13H15N3O2/c1-16(6-7-17)13(18)11-4-2-10(3-5-11)12-8-14-15-9-12/h2-5,8-9,17H,6-7H2,1H3,(H,14,15). The van der Waals surface area contributed by atoms with Gasteiger partial charge in [0.25, 0.3) is 5.91 Å². The van der Waals surface area contributed by atoms with E-state index in [1.54, 1.807) is 31.6 Å². The summed E-state index contributed by atoms with van der Waals surface area (Å²) in [6, 6.07) is 7.31. The average molecular weight is 245 g/mol. The van der Waals surface area contributed by atoms with Gasteiger partial charge in [-0.2, -0.15) is 5.10 Å². The molecule has 2 aromatic rings. The zero-order chi connectivity index (χ0) is 13.0. The highest BCUT2D eigenvalue weighted by atomic mass is 16.3. The first-order valence-corrected chi connectivity index (χ1v) is 5.68. The first-order valence-electron chi connectivity index (χ1n) is 5.68. The second-order valence-electron chi connectivity index (χ2n) is 4.01. The molecule has 1 aromatic carbocycles. The minimum Gasteiger partial charge on any atom is -0.395 e. The molecule has 0 atom stereocenters. The third kappa shape index (κ3) is 2.57. The number of aliphatic hydroxyl groups is 1. The van der Waals surface area contributed by atoms with Crippen molar-refractivity contribution in [3.8, 4) is 11.1 Å². The van der Waals surface area contributed by atoms with E-state index < -0.39 is 0 Å². The van der Waals surface area contributed by atoms with Gasteiger partial charge in [-0.25, -0.2) is 0 Å². The van der Waals surface area contributed by atoms with Gasteiger partial charge in [-0.05, 0) is 17.7 Å². The Morgan fingerprint density at radius 2 is 2.06 bits per heavy atom. The van der Waals surface area contributed by atoms with E-state index in [-0.39, 0.29) is 12.5 Å². The van der Waals surface area contributed by atoms with Crippen LogP contribution in [0.2, 0.25) is 0 Å². The molecule has 0 saturated carbocycles. The van der Waals surface area contributed by atoms with Crippen LogP contribution in [0.3, 0.4) is 0 Å². The van der Waals surface area contributed by atoms with Crippen LogP contribution in [0, 0.1) is 0 Å². The summed E-state index contributed by atoms with van der Waals surface area (Å²) in [6.45, 7) is 0.303. The fourth-order valence-corrected chi connectivity index (χ4v) is 1.69. The Morgan fingerprint density at radius 1 is 1.33 bits per heavy atom. The third-order valence-corrected chi connectivity index (χ3v) is 2.75. The van der Waals surface area contributed by atoms with Crippen LogP contribution in [0.5, 0.6) is 0 Å². The lowest BCUT2D eigenvalue weighted by molar-refractivity contribution is 0.0767. The van der Waals surface area contributed by atoms with E-state index in [1.165, 1.54) is 4.90 Å². The topological polar surface area (TPSA) is 69.2 Å². The molecule has 0 aliphatic heterocycles. The van der Waals surface area contributed by atoms with Crippen LogP contribution < -0.4 is 0 Å². The van der Waals surface area contributed by atoms with Gasteiger partial charge < -0.3 is 10.0 Å². The Balaban J connectivity index is 2.15. The molecule has 94 valence electrons. The number of benzene rings is 1. The fourth-order valence-electron chi connectivity index (χ4n) is 1.69. The lowest BCUT2D eigenvalue weighted by Gasteiger charge is -2.15. The van der Waals surface area contributed by atoms with Gasteiger partial charge in [-0.15, -0.1) is 0 Å². The van der Waals surface area contributed by atoms with E-state index in [4.69, 9.17) is 5.11 Å². The molecule has 0 spiro atoms. The summed E-state index contributed by atoms with van der Waals surface area (Å²) in [5, 5.41) is 15.4. The molecule has 0 aliphatic rings. The van der Waals surface area contributed by atoms with Crippen molar-refractivity contribution in [1.29, 1.82) is 0 Å². The lowest BCUT2D eigenvalue weighted by atomic mass is 10.1. The highest BCUT2D eigenvalue weighted by Crippen LogP contribution is 2.18. The second-order valence-corrected chi connectivity index (χ2v) is 4.01. The number of nitrogens with zero attached hydrogens (tertiary/aromatic N) is 2. The van der Waals surface area contributed by atoms with Crippen LogP contribution in [0.25, 0.3) is 11.1 Å². The molecule has 1 heterocycles. The molecular formula is C13H15N3O2. The zero-order valence-electron chi connectivity index (χ0n) is 10.1. The average Bonchev–Trinajstić information content (AvgIpc) is 2.92. The van der Waals surface area contributed by atoms with Crippen molar-refractivity contribution < 1.29 is 9.90 Å². The van der Waals surface area contributed by atoms with Crippen molar-refractivity contribution in [1.82, 2.24) is 15.1 Å². The van der Waals surface area contributed by atoms with Crippen LogP contribution in [-0.2, 0) is 0 Å². The third-order valence-electron chi connectivity index (χ3n) is 2.75. The minimum atomic E-state index is -0.0946. The maximum absolute atomic E-state index is 11.9. The van der Waals surface area contributed by atoms with Gasteiger partial charge >= 0.3 is 0 Å². The van der Waals surface area contributed by atoms with Gasteiger partial charge in [0.05, 0.1) is 12.8 Å². The maximum Gasteiger partial charge on any atom is 0.253 e. The normalized spacial score (nSPS) is 10.3. The largest absolute Gasteiger partial charge is 0.395 e. The van der Waals surface area contributed by atoms with Crippen molar-refractivity contribution in [3.05, 3.63) is 42.2 Å². The van der Waals surface area contributed by atoms with E-state index in [1.807, 2.05) is 12.1 Å². The summed E-state index contributed by atoms with van der Waals surface area (Å²) in [4.78, 5) is 13.4. The van der Waals surface area contributed by atoms with Gasteiger partial charge in [0, 0.05) is 30.9 Å². The summed E-state index contributed by atoms with van der Waals surface area (Å²) in [6.07, 6.45) is 3.53. The number of aromatic amines is 1. The monoisotopic (exact) mass is 245 g/mol. The number of carbonyl (C=O) groups excluding carboxylic acids is 1. The molecule has 0 unspecified atom stereocenters. The first kappa shape index (κ1) is 12.3. The van der Waals surface area contributed by atoms with E-state index in [2.05, 4.69) is 10.2 Å². The number of H-pyrrole nitrogens is 1. The van der Waals surface area contributed by atoms with Gasteiger partial charge in [-0.3, -0.25) is 9.89 Å². The Morgan fingerprint density at radius 3 is 2.61 bits per heavy atom. The number of carbonyl (C=O) groups is 1. The number of hydrogen-bond acceptors (Lipinski definition) is 3. The molecule has 0 aliphatic carbocycles. The summed E-state index contributed by atoms with van der Waals surface area (Å²) in [5.41, 5.74) is 2.60. The maximum atomic E-state index is 11.9. The lowest BCUT2D eigenvalue weighted by Crippen LogP contribution is -2.29. The van der Waals surface area contributed by atoms with Crippen molar-refractivity contribution in [2.45, 2.75) is 0 Å². The van der Waals surface area contributed by atoms with Gasteiger partial charge in [0.2, 0.25) is 0 Å². The van der Waals surface area contributed by atoms with Gasteiger partial charge in [0.1, 0.15) is 0 Å². The molecule has 18 heavy (non-hydrogen) atoms. The van der Waals surface area contributed by atoms with Gasteiger partial charge in [0.15, 0.2) is 0 Å². The van der Waals surface area contributed by atoms with Crippen molar-refractivity contribution in [2.75, 3.05) is 20.2 Å². The van der Waals surface area contributed by atoms with Crippen LogP contribution in [0.4, 0.5) is 0 Å². The number of hydrogen-bond donors (Lipinski definition) is 2. The molecule has 1 aromatic heterocycles. The van der Waals surface area contributed by atoms with E-state index >= 15 is 0 Å². The van der Waals surface area contributed by atoms with Crippen LogP contribution in [0.1, 0.15) is 10.4 Å². The van der Waals surface area contributed by atoms with Crippen LogP contribution >= 0.6 is 0 Å². The number of nitrogens with one attached hydrogen (secondary N) is 1. The van der Waals surface area contributed by atoms with E-state index in [0.29, 0.717) is 12.1 Å². The SMILES string of the molecule is CN(CCO)C(=O)c1ccc(-c2cn[nH]c2)cc1. The van der Waals surface area contributed by atoms with Crippen molar-refractivity contribution >= 4 is 5.91 Å². The van der Waals surface area contributed by atoms with Crippen LogP contribution in [0.15, 0.2) is 36.7 Å². The smallest absolute Gasteiger partial charge is 0.253 e. The summed E-state index contributed by atoms with van der Waals surface area (Å²) in [5.74, 6) is -0.0946. The quantitative estimate of drug-likeness (QED) is 0.848. The minimum absolute atomic E-state index is 0.0324. The molecule has 0 fully saturated rings.